The van der Waals surface area contributed by atoms with Gasteiger partial charge in [0.25, 0.3) is 11.8 Å². The summed E-state index contributed by atoms with van der Waals surface area (Å²) >= 11 is 3.38. The van der Waals surface area contributed by atoms with Crippen LogP contribution in [-0.2, 0) is 16.1 Å². The van der Waals surface area contributed by atoms with Gasteiger partial charge in [0.05, 0.1) is 0 Å². The van der Waals surface area contributed by atoms with E-state index < -0.39 is 11.9 Å². The second kappa shape index (κ2) is 11.9. The number of benzene rings is 3. The van der Waals surface area contributed by atoms with Crippen molar-refractivity contribution in [2.75, 3.05) is 7.05 Å². The van der Waals surface area contributed by atoms with E-state index in [0.717, 1.165) is 10.0 Å². The minimum Gasteiger partial charge on any atom is -0.350 e. The molecule has 174 valence electrons. The van der Waals surface area contributed by atoms with Crippen LogP contribution in [0.1, 0.15) is 33.1 Å². The SMILES string of the molecule is CN(C(=O)c1cccc(Br)c1)C(C(=O)NCc1ccccc1)c1cccc(/C=C/C(=O)NO)c1. The maximum atomic E-state index is 13.4. The third-order valence-electron chi connectivity index (χ3n) is 5.10. The maximum absolute atomic E-state index is 13.4. The first-order chi connectivity index (χ1) is 16.4. The highest BCUT2D eigenvalue weighted by Gasteiger charge is 2.29. The second-order valence-corrected chi connectivity index (χ2v) is 8.43. The number of carbonyl (C=O) groups is 3. The summed E-state index contributed by atoms with van der Waals surface area (Å²) in [5.74, 6) is -1.34. The lowest BCUT2D eigenvalue weighted by Crippen LogP contribution is -2.41. The molecule has 0 saturated heterocycles. The summed E-state index contributed by atoms with van der Waals surface area (Å²) in [6.45, 7) is 0.311. The zero-order valence-electron chi connectivity index (χ0n) is 18.4. The Balaban J connectivity index is 1.92. The van der Waals surface area contributed by atoms with Crippen LogP contribution in [0.25, 0.3) is 6.08 Å². The molecule has 0 saturated carbocycles. The average Bonchev–Trinajstić information content (AvgIpc) is 2.86. The quantitative estimate of drug-likeness (QED) is 0.236. The number of hydrogen-bond acceptors (Lipinski definition) is 4. The van der Waals surface area contributed by atoms with Crippen LogP contribution in [0.3, 0.4) is 0 Å². The van der Waals surface area contributed by atoms with Crippen molar-refractivity contribution in [3.8, 4) is 0 Å². The Morgan fingerprint density at radius 1 is 1.00 bits per heavy atom. The van der Waals surface area contributed by atoms with Crippen LogP contribution in [0.5, 0.6) is 0 Å². The molecule has 0 aliphatic carbocycles. The minimum absolute atomic E-state index is 0.311. The Morgan fingerprint density at radius 2 is 1.74 bits per heavy atom. The topological polar surface area (TPSA) is 98.7 Å². The van der Waals surface area contributed by atoms with E-state index in [1.807, 2.05) is 36.4 Å². The number of amides is 3. The van der Waals surface area contributed by atoms with Gasteiger partial charge in [-0.05, 0) is 47.0 Å². The van der Waals surface area contributed by atoms with Crippen LogP contribution in [0.2, 0.25) is 0 Å². The first-order valence-corrected chi connectivity index (χ1v) is 11.2. The standard InChI is InChI=1S/C26H24BrN3O4/c1-30(26(33)21-11-6-12-22(27)16-21)24(25(32)28-17-19-7-3-2-4-8-19)20-10-5-9-18(15-20)13-14-23(31)29-34/h2-16,24,34H,17H2,1H3,(H,28,32)(H,29,31)/b14-13+. The fourth-order valence-corrected chi connectivity index (χ4v) is 3.82. The van der Waals surface area contributed by atoms with Crippen molar-refractivity contribution in [1.29, 1.82) is 0 Å². The van der Waals surface area contributed by atoms with Gasteiger partial charge in [0.1, 0.15) is 6.04 Å². The van der Waals surface area contributed by atoms with Crippen LogP contribution in [0.15, 0.2) is 89.4 Å². The highest BCUT2D eigenvalue weighted by Crippen LogP contribution is 2.24. The molecule has 34 heavy (non-hydrogen) atoms. The van der Waals surface area contributed by atoms with Gasteiger partial charge in [0.15, 0.2) is 0 Å². The Bertz CT molecular complexity index is 1200. The molecular formula is C26H24BrN3O4. The van der Waals surface area contributed by atoms with Gasteiger partial charge in [-0.2, -0.15) is 0 Å². The van der Waals surface area contributed by atoms with E-state index in [0.29, 0.717) is 23.2 Å². The summed E-state index contributed by atoms with van der Waals surface area (Å²) in [4.78, 5) is 39.4. The van der Waals surface area contributed by atoms with E-state index in [1.165, 1.54) is 22.5 Å². The number of hydrogen-bond donors (Lipinski definition) is 3. The van der Waals surface area contributed by atoms with Crippen molar-refractivity contribution < 1.29 is 19.6 Å². The molecule has 3 rings (SSSR count). The number of nitrogens with one attached hydrogen (secondary N) is 2. The largest absolute Gasteiger partial charge is 0.350 e. The van der Waals surface area contributed by atoms with E-state index in [-0.39, 0.29) is 11.8 Å². The molecule has 1 unspecified atom stereocenters. The molecule has 0 aliphatic heterocycles. The Morgan fingerprint density at radius 3 is 2.44 bits per heavy atom. The highest BCUT2D eigenvalue weighted by atomic mass is 79.9. The molecule has 7 nitrogen and oxygen atoms in total. The lowest BCUT2D eigenvalue weighted by Gasteiger charge is -2.28. The predicted molar refractivity (Wildman–Crippen MR) is 133 cm³/mol. The van der Waals surface area contributed by atoms with Crippen LogP contribution in [-0.4, -0.2) is 34.9 Å². The summed E-state index contributed by atoms with van der Waals surface area (Å²) in [6.07, 6.45) is 2.67. The van der Waals surface area contributed by atoms with Gasteiger partial charge < -0.3 is 10.2 Å². The molecule has 1 atom stereocenters. The van der Waals surface area contributed by atoms with Crippen molar-refractivity contribution in [2.24, 2.45) is 0 Å². The van der Waals surface area contributed by atoms with Crippen molar-refractivity contribution in [1.82, 2.24) is 15.7 Å². The maximum Gasteiger partial charge on any atom is 0.267 e. The van der Waals surface area contributed by atoms with Crippen molar-refractivity contribution in [3.05, 3.63) is 112 Å². The molecule has 3 amide bonds. The van der Waals surface area contributed by atoms with Gasteiger partial charge in [-0.1, -0.05) is 70.5 Å². The lowest BCUT2D eigenvalue weighted by atomic mass is 10.0. The molecule has 0 bridgehead atoms. The molecule has 3 aromatic carbocycles. The molecule has 3 N–H and O–H groups in total. The minimum atomic E-state index is -0.921. The summed E-state index contributed by atoms with van der Waals surface area (Å²) < 4.78 is 0.756. The van der Waals surface area contributed by atoms with Crippen molar-refractivity contribution >= 4 is 39.7 Å². The molecule has 3 aromatic rings. The van der Waals surface area contributed by atoms with Crippen LogP contribution in [0.4, 0.5) is 0 Å². The average molecular weight is 522 g/mol. The van der Waals surface area contributed by atoms with Crippen LogP contribution in [0, 0.1) is 0 Å². The van der Waals surface area contributed by atoms with E-state index in [9.17, 15) is 14.4 Å². The monoisotopic (exact) mass is 521 g/mol. The Hall–Kier alpha value is -3.75. The van der Waals surface area contributed by atoms with Gasteiger partial charge in [0, 0.05) is 29.7 Å². The van der Waals surface area contributed by atoms with Crippen LogP contribution < -0.4 is 10.8 Å². The molecule has 0 aliphatic rings. The van der Waals surface area contributed by atoms with E-state index in [4.69, 9.17) is 5.21 Å². The Kier molecular flexibility index (Phi) is 8.73. The molecular weight excluding hydrogens is 498 g/mol. The van der Waals surface area contributed by atoms with Gasteiger partial charge >= 0.3 is 0 Å². The van der Waals surface area contributed by atoms with E-state index in [2.05, 4.69) is 21.2 Å². The number of nitrogens with zero attached hydrogens (tertiary/aromatic N) is 1. The molecule has 0 spiro atoms. The number of carbonyl (C=O) groups excluding carboxylic acids is 3. The summed E-state index contributed by atoms with van der Waals surface area (Å²) in [6, 6.07) is 22.5. The normalized spacial score (nSPS) is 11.6. The van der Waals surface area contributed by atoms with Gasteiger partial charge in [0.2, 0.25) is 5.91 Å². The fourth-order valence-electron chi connectivity index (χ4n) is 3.42. The zero-order chi connectivity index (χ0) is 24.5. The molecule has 0 radical (unpaired) electrons. The lowest BCUT2D eigenvalue weighted by molar-refractivity contribution is -0.126. The molecule has 0 aromatic heterocycles. The highest BCUT2D eigenvalue weighted by molar-refractivity contribution is 9.10. The van der Waals surface area contributed by atoms with Gasteiger partial charge in [-0.25, -0.2) is 5.48 Å². The van der Waals surface area contributed by atoms with Crippen molar-refractivity contribution in [2.45, 2.75) is 12.6 Å². The summed E-state index contributed by atoms with van der Waals surface area (Å²) in [5.41, 5.74) is 4.11. The Labute approximate surface area is 206 Å². The number of hydroxylamine groups is 1. The molecule has 0 fully saturated rings. The zero-order valence-corrected chi connectivity index (χ0v) is 20.0. The fraction of sp³-hybridized carbons (Fsp3) is 0.115. The smallest absolute Gasteiger partial charge is 0.267 e. The predicted octanol–water partition coefficient (Wildman–Crippen LogP) is 4.10. The third kappa shape index (κ3) is 6.63. The van der Waals surface area contributed by atoms with E-state index >= 15 is 0 Å². The van der Waals surface area contributed by atoms with E-state index in [1.54, 1.807) is 49.5 Å². The first kappa shape index (κ1) is 24.9. The number of likely N-dealkylation sites (N-methyl/N-ethyl adjacent to an activating group) is 1. The summed E-state index contributed by atoms with van der Waals surface area (Å²) in [5, 5.41) is 11.6. The third-order valence-corrected chi connectivity index (χ3v) is 5.59. The van der Waals surface area contributed by atoms with Crippen LogP contribution >= 0.6 is 15.9 Å². The molecule has 0 heterocycles. The number of halogens is 1. The first-order valence-electron chi connectivity index (χ1n) is 10.5. The number of rotatable bonds is 8. The van der Waals surface area contributed by atoms with Gasteiger partial charge in [-0.15, -0.1) is 0 Å². The second-order valence-electron chi connectivity index (χ2n) is 7.51. The van der Waals surface area contributed by atoms with Crippen molar-refractivity contribution in [3.63, 3.8) is 0 Å². The molecule has 8 heteroatoms. The summed E-state index contributed by atoms with van der Waals surface area (Å²) in [7, 11) is 1.58. The van der Waals surface area contributed by atoms with Gasteiger partial charge in [-0.3, -0.25) is 19.6 Å².